The molecule has 1 aliphatic rings. The van der Waals surface area contributed by atoms with Gasteiger partial charge in [-0.05, 0) is 6.42 Å². The predicted octanol–water partition coefficient (Wildman–Crippen LogP) is -0.466. The van der Waals surface area contributed by atoms with Crippen molar-refractivity contribution in [2.24, 2.45) is 0 Å². The summed E-state index contributed by atoms with van der Waals surface area (Å²) >= 11 is 0. The topological polar surface area (TPSA) is 47.3 Å². The molecule has 1 N–H and O–H groups in total. The van der Waals surface area contributed by atoms with E-state index in [1.54, 1.807) is 4.90 Å². The van der Waals surface area contributed by atoms with Gasteiger partial charge in [0.05, 0.1) is 12.6 Å². The lowest BCUT2D eigenvalue weighted by Crippen LogP contribution is -2.15. The first-order chi connectivity index (χ1) is 3.83. The van der Waals surface area contributed by atoms with Crippen LogP contribution >= 0.6 is 0 Å². The maximum Gasteiger partial charge on any atom is 0.179 e. The Bertz CT molecular complexity index is 118. The first-order valence-electron chi connectivity index (χ1n) is 2.65. The first-order valence-corrected chi connectivity index (χ1v) is 2.65. The highest BCUT2D eigenvalue weighted by Gasteiger charge is 2.17. The van der Waals surface area contributed by atoms with Crippen molar-refractivity contribution in [3.8, 4) is 6.19 Å². The summed E-state index contributed by atoms with van der Waals surface area (Å²) in [6.07, 6.45) is 2.44. The van der Waals surface area contributed by atoms with Crippen LogP contribution < -0.4 is 0 Å². The van der Waals surface area contributed by atoms with Gasteiger partial charge in [0.2, 0.25) is 0 Å². The zero-order valence-corrected chi connectivity index (χ0v) is 4.54. The van der Waals surface area contributed by atoms with Crippen LogP contribution in [-0.2, 0) is 0 Å². The molecule has 1 aliphatic heterocycles. The Balaban J connectivity index is 2.35. The largest absolute Gasteiger partial charge is 0.391 e. The average Bonchev–Trinajstić information content (AvgIpc) is 2.14. The maximum atomic E-state index is 8.84. The first kappa shape index (κ1) is 5.39. The fraction of sp³-hybridized carbons (Fsp3) is 0.800. The Labute approximate surface area is 48.1 Å². The Morgan fingerprint density at radius 3 is 2.75 bits per heavy atom. The third-order valence-corrected chi connectivity index (χ3v) is 1.30. The fourth-order valence-electron chi connectivity index (χ4n) is 0.833. The van der Waals surface area contributed by atoms with Crippen molar-refractivity contribution >= 4 is 0 Å². The second kappa shape index (κ2) is 2.01. The van der Waals surface area contributed by atoms with Crippen LogP contribution in [0.25, 0.3) is 0 Å². The van der Waals surface area contributed by atoms with E-state index in [9.17, 15) is 0 Å². The maximum absolute atomic E-state index is 8.84. The van der Waals surface area contributed by atoms with Gasteiger partial charge in [-0.15, -0.1) is 0 Å². The smallest absolute Gasteiger partial charge is 0.179 e. The zero-order valence-electron chi connectivity index (χ0n) is 4.54. The molecule has 0 bridgehead atoms. The van der Waals surface area contributed by atoms with Crippen LogP contribution in [0, 0.1) is 11.5 Å². The molecule has 1 atom stereocenters. The second-order valence-electron chi connectivity index (χ2n) is 1.99. The molecule has 0 aromatic rings. The van der Waals surface area contributed by atoms with Gasteiger partial charge in [0.1, 0.15) is 0 Å². The van der Waals surface area contributed by atoms with E-state index in [0.29, 0.717) is 6.54 Å². The molecule has 0 saturated carbocycles. The molecule has 1 saturated heterocycles. The van der Waals surface area contributed by atoms with Crippen LogP contribution in [-0.4, -0.2) is 29.2 Å². The minimum Gasteiger partial charge on any atom is -0.391 e. The number of nitriles is 1. The van der Waals surface area contributed by atoms with Gasteiger partial charge in [-0.1, -0.05) is 0 Å². The summed E-state index contributed by atoms with van der Waals surface area (Å²) in [5.41, 5.74) is 0. The summed E-state index contributed by atoms with van der Waals surface area (Å²) in [4.78, 5) is 1.56. The van der Waals surface area contributed by atoms with Crippen LogP contribution in [0.5, 0.6) is 0 Å². The monoisotopic (exact) mass is 112 g/mol. The van der Waals surface area contributed by atoms with Gasteiger partial charge >= 0.3 is 0 Å². The zero-order chi connectivity index (χ0) is 5.98. The van der Waals surface area contributed by atoms with Crippen LogP contribution in [0.1, 0.15) is 6.42 Å². The van der Waals surface area contributed by atoms with Crippen molar-refractivity contribution < 1.29 is 5.11 Å². The molecular weight excluding hydrogens is 104 g/mol. The van der Waals surface area contributed by atoms with Crippen molar-refractivity contribution in [2.45, 2.75) is 12.5 Å². The van der Waals surface area contributed by atoms with E-state index in [1.165, 1.54) is 0 Å². The Hall–Kier alpha value is -0.750. The lowest BCUT2D eigenvalue weighted by molar-refractivity contribution is 0.187. The summed E-state index contributed by atoms with van der Waals surface area (Å²) in [7, 11) is 0. The molecule has 1 rings (SSSR count). The van der Waals surface area contributed by atoms with Gasteiger partial charge < -0.3 is 10.0 Å². The van der Waals surface area contributed by atoms with E-state index >= 15 is 0 Å². The number of likely N-dealkylation sites (tertiary alicyclic amines) is 1. The Morgan fingerprint density at radius 2 is 2.50 bits per heavy atom. The molecule has 3 nitrogen and oxygen atoms in total. The molecule has 0 aliphatic carbocycles. The van der Waals surface area contributed by atoms with Crippen molar-refractivity contribution in [1.82, 2.24) is 4.90 Å². The van der Waals surface area contributed by atoms with Gasteiger partial charge in [-0.2, -0.15) is 5.26 Å². The van der Waals surface area contributed by atoms with Crippen LogP contribution in [0.4, 0.5) is 0 Å². The molecule has 0 spiro atoms. The molecule has 1 heterocycles. The Kier molecular flexibility index (Phi) is 1.36. The average molecular weight is 112 g/mol. The van der Waals surface area contributed by atoms with E-state index in [1.807, 2.05) is 6.19 Å². The van der Waals surface area contributed by atoms with Gasteiger partial charge in [-0.25, -0.2) is 0 Å². The Morgan fingerprint density at radius 1 is 1.75 bits per heavy atom. The van der Waals surface area contributed by atoms with Crippen LogP contribution in [0.2, 0.25) is 0 Å². The fourth-order valence-corrected chi connectivity index (χ4v) is 0.833. The molecule has 0 unspecified atom stereocenters. The molecule has 0 radical (unpaired) electrons. The normalized spacial score (nSPS) is 28.0. The summed E-state index contributed by atoms with van der Waals surface area (Å²) in [5.74, 6) is 0. The summed E-state index contributed by atoms with van der Waals surface area (Å²) in [6, 6.07) is 0. The van der Waals surface area contributed by atoms with Gasteiger partial charge in [0.25, 0.3) is 0 Å². The number of aliphatic hydroxyl groups is 1. The highest BCUT2D eigenvalue weighted by Crippen LogP contribution is 2.05. The molecule has 0 amide bonds. The van der Waals surface area contributed by atoms with Crippen LogP contribution in [0.15, 0.2) is 0 Å². The van der Waals surface area contributed by atoms with E-state index in [4.69, 9.17) is 10.4 Å². The molecule has 8 heavy (non-hydrogen) atoms. The highest BCUT2D eigenvalue weighted by atomic mass is 16.3. The van der Waals surface area contributed by atoms with Gasteiger partial charge in [0.15, 0.2) is 6.19 Å². The predicted molar refractivity (Wildman–Crippen MR) is 27.8 cm³/mol. The summed E-state index contributed by atoms with van der Waals surface area (Å²) in [6.45, 7) is 1.24. The standard InChI is InChI=1S/C5H8N2O/c6-4-7-2-1-5(8)3-7/h5,8H,1-3H2/t5-/m0/s1. The minimum atomic E-state index is -0.269. The SMILES string of the molecule is N#CN1CC[C@H](O)C1. The number of rotatable bonds is 0. The number of hydrogen-bond donors (Lipinski definition) is 1. The van der Waals surface area contributed by atoms with E-state index in [2.05, 4.69) is 0 Å². The highest BCUT2D eigenvalue weighted by molar-refractivity contribution is 4.83. The third kappa shape index (κ3) is 0.903. The number of hydrogen-bond acceptors (Lipinski definition) is 3. The van der Waals surface area contributed by atoms with E-state index < -0.39 is 0 Å². The quantitative estimate of drug-likeness (QED) is 0.431. The molecule has 44 valence electrons. The molecule has 1 fully saturated rings. The molecule has 3 heteroatoms. The van der Waals surface area contributed by atoms with E-state index in [-0.39, 0.29) is 6.10 Å². The molecule has 0 aromatic carbocycles. The van der Waals surface area contributed by atoms with E-state index in [0.717, 1.165) is 13.0 Å². The van der Waals surface area contributed by atoms with Crippen molar-refractivity contribution in [3.05, 3.63) is 0 Å². The lowest BCUT2D eigenvalue weighted by atomic mass is 10.3. The van der Waals surface area contributed by atoms with Gasteiger partial charge in [0, 0.05) is 6.54 Å². The number of β-amino-alcohol motifs (C(OH)–C–C–N with tert-alkyl or cyclic N) is 1. The van der Waals surface area contributed by atoms with Crippen molar-refractivity contribution in [2.75, 3.05) is 13.1 Å². The molecular formula is C5H8N2O. The second-order valence-corrected chi connectivity index (χ2v) is 1.99. The summed E-state index contributed by atoms with van der Waals surface area (Å²) in [5, 5.41) is 17.1. The van der Waals surface area contributed by atoms with Gasteiger partial charge in [-0.3, -0.25) is 0 Å². The summed E-state index contributed by atoms with van der Waals surface area (Å²) < 4.78 is 0. The lowest BCUT2D eigenvalue weighted by Gasteiger charge is -2.01. The van der Waals surface area contributed by atoms with Crippen molar-refractivity contribution in [3.63, 3.8) is 0 Å². The van der Waals surface area contributed by atoms with Crippen LogP contribution in [0.3, 0.4) is 0 Å². The number of aliphatic hydroxyl groups excluding tert-OH is 1. The third-order valence-electron chi connectivity index (χ3n) is 1.30. The number of nitrogens with zero attached hydrogens (tertiary/aromatic N) is 2. The molecule has 0 aromatic heterocycles. The van der Waals surface area contributed by atoms with Crippen molar-refractivity contribution in [1.29, 1.82) is 5.26 Å². The minimum absolute atomic E-state index is 0.269.